The summed E-state index contributed by atoms with van der Waals surface area (Å²) >= 11 is 0. The molecule has 1 N–H and O–H groups in total. The van der Waals surface area contributed by atoms with Crippen molar-refractivity contribution >= 4 is 33.4 Å². The first kappa shape index (κ1) is 18.8. The van der Waals surface area contributed by atoms with Crippen LogP contribution in [0.25, 0.3) is 21.8 Å². The number of hydrogen-bond acceptors (Lipinski definition) is 2. The minimum Gasteiger partial charge on any atom is -0.389 e. The highest BCUT2D eigenvalue weighted by Gasteiger charge is 2.26. The van der Waals surface area contributed by atoms with E-state index in [0.29, 0.717) is 34.6 Å². The Kier molecular flexibility index (Phi) is 4.51. The summed E-state index contributed by atoms with van der Waals surface area (Å²) in [7, 11) is 0. The molecule has 0 spiro atoms. The van der Waals surface area contributed by atoms with Crippen molar-refractivity contribution < 1.29 is 18.7 Å². The van der Waals surface area contributed by atoms with E-state index in [1.165, 1.54) is 24.3 Å². The van der Waals surface area contributed by atoms with Gasteiger partial charge in [-0.3, -0.25) is 4.79 Å². The number of carbonyl (C=O) groups is 1. The van der Waals surface area contributed by atoms with Gasteiger partial charge in [0.2, 0.25) is 5.91 Å². The fourth-order valence-corrected chi connectivity index (χ4v) is 4.42. The number of para-hydroxylation sites is 1. The van der Waals surface area contributed by atoms with E-state index in [4.69, 9.17) is 0 Å². The number of aryl methyl sites for hydroxylation is 1. The van der Waals surface area contributed by atoms with Crippen molar-refractivity contribution in [2.75, 3.05) is 11.4 Å². The third-order valence-electron chi connectivity index (χ3n) is 5.77. The van der Waals surface area contributed by atoms with E-state index < -0.39 is 17.7 Å². The number of aliphatic hydroxyl groups excluding tert-OH is 1. The smallest absolute Gasteiger partial charge is 0.227 e. The molecule has 0 bridgehead atoms. The predicted octanol–water partition coefficient (Wildman–Crippen LogP) is 4.41. The third kappa shape index (κ3) is 3.13. The van der Waals surface area contributed by atoms with Gasteiger partial charge in [0.15, 0.2) is 0 Å². The molecule has 1 aliphatic heterocycles. The van der Waals surface area contributed by atoms with Crippen LogP contribution in [0.2, 0.25) is 0 Å². The molecule has 1 aromatic heterocycles. The summed E-state index contributed by atoms with van der Waals surface area (Å²) in [6.07, 6.45) is 0.262. The van der Waals surface area contributed by atoms with Crippen LogP contribution in [-0.4, -0.2) is 28.2 Å². The molecule has 152 valence electrons. The number of β-amino-alcohol motifs (C(OH)–C–C–N with tert-alkyl or cyclic N) is 1. The summed E-state index contributed by atoms with van der Waals surface area (Å²) in [5.74, 6) is -0.817. The number of rotatable bonds is 4. The lowest BCUT2D eigenvalue weighted by Gasteiger charge is -2.31. The Morgan fingerprint density at radius 1 is 0.867 bits per heavy atom. The van der Waals surface area contributed by atoms with Crippen LogP contribution in [-0.2, 0) is 17.8 Å². The van der Waals surface area contributed by atoms with E-state index in [1.807, 2.05) is 28.8 Å². The second-order valence-corrected chi connectivity index (χ2v) is 7.72. The van der Waals surface area contributed by atoms with Gasteiger partial charge in [-0.15, -0.1) is 0 Å². The quantitative estimate of drug-likeness (QED) is 0.546. The molecule has 0 saturated carbocycles. The average molecular weight is 406 g/mol. The van der Waals surface area contributed by atoms with Crippen LogP contribution in [0.5, 0.6) is 0 Å². The van der Waals surface area contributed by atoms with Gasteiger partial charge >= 0.3 is 0 Å². The SMILES string of the molecule is O=C1CCc2ccccc2N1CC(O)Cn1c2ccc(F)cc2c2cc(F)ccc21. The molecule has 0 radical (unpaired) electrons. The van der Waals surface area contributed by atoms with Crippen molar-refractivity contribution in [3.05, 3.63) is 77.9 Å². The zero-order chi connectivity index (χ0) is 20.8. The molecule has 3 aromatic carbocycles. The largest absolute Gasteiger partial charge is 0.389 e. The first-order valence-corrected chi connectivity index (χ1v) is 9.94. The van der Waals surface area contributed by atoms with Crippen LogP contribution in [0.15, 0.2) is 60.7 Å². The van der Waals surface area contributed by atoms with Gasteiger partial charge in [0.1, 0.15) is 11.6 Å². The highest BCUT2D eigenvalue weighted by molar-refractivity contribution is 6.08. The molecule has 4 aromatic rings. The number of anilines is 1. The predicted molar refractivity (Wildman–Crippen MR) is 112 cm³/mol. The molecule has 1 aliphatic rings. The van der Waals surface area contributed by atoms with E-state index in [1.54, 1.807) is 17.0 Å². The average Bonchev–Trinajstić information content (AvgIpc) is 3.02. The van der Waals surface area contributed by atoms with Gasteiger partial charge in [-0.25, -0.2) is 8.78 Å². The number of halogens is 2. The molecule has 1 amide bonds. The lowest BCUT2D eigenvalue weighted by atomic mass is 10.0. The van der Waals surface area contributed by atoms with Gasteiger partial charge < -0.3 is 14.6 Å². The van der Waals surface area contributed by atoms with E-state index in [0.717, 1.165) is 11.3 Å². The topological polar surface area (TPSA) is 45.5 Å². The molecule has 0 aliphatic carbocycles. The minimum atomic E-state index is -0.853. The number of fused-ring (bicyclic) bond motifs is 4. The maximum absolute atomic E-state index is 13.8. The van der Waals surface area contributed by atoms with E-state index in [-0.39, 0.29) is 19.0 Å². The number of hydrogen-bond donors (Lipinski definition) is 1. The molecule has 5 rings (SSSR count). The van der Waals surface area contributed by atoms with Gasteiger partial charge in [0.05, 0.1) is 19.2 Å². The summed E-state index contributed by atoms with van der Waals surface area (Å²) in [4.78, 5) is 14.2. The molecular formula is C24H20F2N2O2. The van der Waals surface area contributed by atoms with Crippen LogP contribution in [0.1, 0.15) is 12.0 Å². The zero-order valence-corrected chi connectivity index (χ0v) is 16.2. The van der Waals surface area contributed by atoms with Crippen molar-refractivity contribution in [1.82, 2.24) is 4.57 Å². The van der Waals surface area contributed by atoms with Crippen LogP contribution in [0, 0.1) is 11.6 Å². The number of aliphatic hydroxyl groups is 1. The van der Waals surface area contributed by atoms with E-state index >= 15 is 0 Å². The van der Waals surface area contributed by atoms with E-state index in [2.05, 4.69) is 0 Å². The number of nitrogens with zero attached hydrogens (tertiary/aromatic N) is 2. The summed E-state index contributed by atoms with van der Waals surface area (Å²) in [6, 6.07) is 16.5. The van der Waals surface area contributed by atoms with Crippen molar-refractivity contribution in [2.45, 2.75) is 25.5 Å². The molecule has 4 nitrogen and oxygen atoms in total. The van der Waals surface area contributed by atoms with Crippen LogP contribution >= 0.6 is 0 Å². The number of carbonyl (C=O) groups excluding carboxylic acids is 1. The van der Waals surface area contributed by atoms with Crippen LogP contribution in [0.4, 0.5) is 14.5 Å². The summed E-state index contributed by atoms with van der Waals surface area (Å²) in [5.41, 5.74) is 3.34. The highest BCUT2D eigenvalue weighted by atomic mass is 19.1. The molecule has 0 fully saturated rings. The Morgan fingerprint density at radius 2 is 1.50 bits per heavy atom. The molecule has 30 heavy (non-hydrogen) atoms. The van der Waals surface area contributed by atoms with Gasteiger partial charge in [-0.1, -0.05) is 18.2 Å². The van der Waals surface area contributed by atoms with Crippen LogP contribution in [0.3, 0.4) is 0 Å². The first-order valence-electron chi connectivity index (χ1n) is 9.94. The molecule has 1 unspecified atom stereocenters. The summed E-state index contributed by atoms with van der Waals surface area (Å²) in [6.45, 7) is 0.350. The first-order chi connectivity index (χ1) is 14.5. The second-order valence-electron chi connectivity index (χ2n) is 7.72. The van der Waals surface area contributed by atoms with Crippen molar-refractivity contribution in [3.8, 4) is 0 Å². The molecule has 6 heteroatoms. The van der Waals surface area contributed by atoms with Gasteiger partial charge in [0.25, 0.3) is 0 Å². The molecule has 1 atom stereocenters. The fourth-order valence-electron chi connectivity index (χ4n) is 4.42. The monoisotopic (exact) mass is 406 g/mol. The lowest BCUT2D eigenvalue weighted by molar-refractivity contribution is -0.119. The number of amides is 1. The number of benzene rings is 3. The standard InChI is InChI=1S/C24H20F2N2O2/c25-16-6-8-22-19(11-16)20-12-17(26)7-9-23(20)27(22)13-18(29)14-28-21-4-2-1-3-15(21)5-10-24(28)30/h1-4,6-9,11-12,18,29H,5,10,13-14H2. The molecule has 0 saturated heterocycles. The lowest BCUT2D eigenvalue weighted by Crippen LogP contribution is -2.41. The van der Waals surface area contributed by atoms with Crippen molar-refractivity contribution in [3.63, 3.8) is 0 Å². The van der Waals surface area contributed by atoms with Crippen LogP contribution < -0.4 is 4.90 Å². The summed E-state index contributed by atoms with van der Waals surface area (Å²) < 4.78 is 29.5. The zero-order valence-electron chi connectivity index (χ0n) is 16.2. The third-order valence-corrected chi connectivity index (χ3v) is 5.77. The Morgan fingerprint density at radius 3 is 2.17 bits per heavy atom. The summed E-state index contributed by atoms with van der Waals surface area (Å²) in [5, 5.41) is 12.1. The van der Waals surface area contributed by atoms with Gasteiger partial charge in [-0.2, -0.15) is 0 Å². The van der Waals surface area contributed by atoms with Gasteiger partial charge in [-0.05, 0) is 54.4 Å². The second kappa shape index (κ2) is 7.22. The maximum Gasteiger partial charge on any atom is 0.227 e. The number of aromatic nitrogens is 1. The maximum atomic E-state index is 13.8. The van der Waals surface area contributed by atoms with Crippen molar-refractivity contribution in [2.24, 2.45) is 0 Å². The fraction of sp³-hybridized carbons (Fsp3) is 0.208. The Bertz CT molecular complexity index is 1220. The normalized spacial score (nSPS) is 15.0. The van der Waals surface area contributed by atoms with Gasteiger partial charge in [0, 0.05) is 33.9 Å². The Labute approximate surface area is 172 Å². The highest BCUT2D eigenvalue weighted by Crippen LogP contribution is 2.31. The van der Waals surface area contributed by atoms with E-state index in [9.17, 15) is 18.7 Å². The Balaban J connectivity index is 1.51. The molecule has 2 heterocycles. The minimum absolute atomic E-state index is 0.0147. The Hall–Kier alpha value is -3.25. The molecular weight excluding hydrogens is 386 g/mol. The van der Waals surface area contributed by atoms with Crippen molar-refractivity contribution in [1.29, 1.82) is 0 Å².